The molecule has 47 heavy (non-hydrogen) atoms. The van der Waals surface area contributed by atoms with Gasteiger partial charge in [0.05, 0.1) is 33.2 Å². The van der Waals surface area contributed by atoms with Crippen LogP contribution in [0.2, 0.25) is 38.3 Å². The van der Waals surface area contributed by atoms with Gasteiger partial charge in [-0.3, -0.25) is 0 Å². The Morgan fingerprint density at radius 2 is 0.957 bits per heavy atom. The standard InChI is InChI=1S/C42H55ClN2Si2/c1-27(2)46(28(3)4,29(5)6)23-21-35-37-25-33-17-13-14-18-34(33)26-38(37)36(22-24-47(30(7)8,31(9)10)32(11)12)42(41(35)44)45-40-20-16-15-19-39(40)43/h13-20,25-32,45H,44H2,1-12H3. The second-order valence-corrected chi connectivity index (χ2v) is 26.8. The van der Waals surface area contributed by atoms with E-state index in [0.29, 0.717) is 44.0 Å². The second-order valence-electron chi connectivity index (χ2n) is 15.2. The lowest BCUT2D eigenvalue weighted by molar-refractivity contribution is 0.838. The highest BCUT2D eigenvalue weighted by molar-refractivity contribution is 6.91. The summed E-state index contributed by atoms with van der Waals surface area (Å²) in [6.45, 7) is 28.3. The molecule has 4 aromatic carbocycles. The summed E-state index contributed by atoms with van der Waals surface area (Å²) in [7, 11) is -4.11. The summed E-state index contributed by atoms with van der Waals surface area (Å²) in [6.07, 6.45) is 0. The highest BCUT2D eigenvalue weighted by Gasteiger charge is 2.43. The van der Waals surface area contributed by atoms with Crippen molar-refractivity contribution < 1.29 is 0 Å². The molecule has 0 saturated carbocycles. The Morgan fingerprint density at radius 1 is 0.574 bits per heavy atom. The summed E-state index contributed by atoms with van der Waals surface area (Å²) in [5.74, 6) is 7.60. The smallest absolute Gasteiger partial charge is 0.146 e. The molecule has 0 aliphatic heterocycles. The van der Waals surface area contributed by atoms with Crippen LogP contribution in [0.5, 0.6) is 0 Å². The number of para-hydroxylation sites is 1. The molecule has 0 atom stereocenters. The second kappa shape index (κ2) is 14.5. The highest BCUT2D eigenvalue weighted by atomic mass is 35.5. The van der Waals surface area contributed by atoms with Crippen LogP contribution in [0.4, 0.5) is 17.1 Å². The van der Waals surface area contributed by atoms with Crippen molar-refractivity contribution in [3.63, 3.8) is 0 Å². The van der Waals surface area contributed by atoms with E-state index in [1.807, 2.05) is 24.3 Å². The first-order chi connectivity index (χ1) is 22.1. The van der Waals surface area contributed by atoms with Gasteiger partial charge in [-0.1, -0.05) is 143 Å². The van der Waals surface area contributed by atoms with E-state index in [-0.39, 0.29) is 0 Å². The molecule has 4 rings (SSSR count). The van der Waals surface area contributed by atoms with E-state index >= 15 is 0 Å². The predicted octanol–water partition coefficient (Wildman–Crippen LogP) is 13.1. The summed E-state index contributed by atoms with van der Waals surface area (Å²) >= 11 is 6.76. The first-order valence-electron chi connectivity index (χ1n) is 17.4. The maximum absolute atomic E-state index is 7.32. The van der Waals surface area contributed by atoms with Crippen molar-refractivity contribution in [3.05, 3.63) is 76.8 Å². The molecular formula is C42H55ClN2Si2. The van der Waals surface area contributed by atoms with Crippen LogP contribution in [-0.4, -0.2) is 16.1 Å². The van der Waals surface area contributed by atoms with Crippen molar-refractivity contribution in [1.29, 1.82) is 0 Å². The molecule has 0 fully saturated rings. The average Bonchev–Trinajstić information content (AvgIpc) is 2.99. The molecular weight excluding hydrogens is 624 g/mol. The molecule has 0 aliphatic rings. The summed E-state index contributed by atoms with van der Waals surface area (Å²) in [5.41, 5.74) is 22.4. The van der Waals surface area contributed by atoms with Gasteiger partial charge in [-0.15, -0.1) is 11.1 Å². The quantitative estimate of drug-likeness (QED) is 0.0842. The van der Waals surface area contributed by atoms with Crippen LogP contribution in [0.3, 0.4) is 0 Å². The number of nitrogens with two attached hydrogens (primary N) is 1. The van der Waals surface area contributed by atoms with Crippen LogP contribution in [-0.2, 0) is 0 Å². The lowest BCUT2D eigenvalue weighted by Crippen LogP contribution is -2.43. The molecule has 2 nitrogen and oxygen atoms in total. The highest BCUT2D eigenvalue weighted by Crippen LogP contribution is 2.45. The van der Waals surface area contributed by atoms with E-state index in [1.54, 1.807) is 0 Å². The van der Waals surface area contributed by atoms with Gasteiger partial charge >= 0.3 is 0 Å². The Bertz CT molecular complexity index is 1840. The van der Waals surface area contributed by atoms with Crippen LogP contribution in [0.15, 0.2) is 60.7 Å². The topological polar surface area (TPSA) is 38.0 Å². The molecule has 0 amide bonds. The number of fused-ring (bicyclic) bond motifs is 2. The van der Waals surface area contributed by atoms with Gasteiger partial charge in [0.2, 0.25) is 0 Å². The fourth-order valence-electron chi connectivity index (χ4n) is 8.49. The fourth-order valence-corrected chi connectivity index (χ4v) is 19.1. The Kier molecular flexibility index (Phi) is 11.3. The van der Waals surface area contributed by atoms with Crippen molar-refractivity contribution in [2.45, 2.75) is 116 Å². The molecule has 0 spiro atoms. The van der Waals surface area contributed by atoms with E-state index in [2.05, 4.69) is 148 Å². The third-order valence-electron chi connectivity index (χ3n) is 10.9. The molecule has 0 unspecified atom stereocenters. The minimum Gasteiger partial charge on any atom is -0.396 e. The third kappa shape index (κ3) is 6.76. The van der Waals surface area contributed by atoms with Gasteiger partial charge < -0.3 is 11.1 Å². The van der Waals surface area contributed by atoms with Gasteiger partial charge in [0, 0.05) is 10.8 Å². The van der Waals surface area contributed by atoms with E-state index in [4.69, 9.17) is 17.3 Å². The maximum Gasteiger partial charge on any atom is 0.146 e. The zero-order valence-electron chi connectivity index (χ0n) is 30.7. The number of benzene rings is 4. The van der Waals surface area contributed by atoms with Gasteiger partial charge in [0.1, 0.15) is 16.1 Å². The number of nitrogen functional groups attached to an aromatic ring is 1. The SMILES string of the molecule is CC(C)[Si](C#Cc1c(N)c(Nc2ccccc2Cl)c(C#C[Si](C(C)C)(C(C)C)C(C)C)c2cc3ccccc3cc12)(C(C)C)C(C)C. The predicted molar refractivity (Wildman–Crippen MR) is 216 cm³/mol. The van der Waals surface area contributed by atoms with Gasteiger partial charge in [-0.05, 0) is 68.3 Å². The average molecular weight is 680 g/mol. The summed E-state index contributed by atoms with van der Waals surface area (Å²) < 4.78 is 0. The van der Waals surface area contributed by atoms with Crippen LogP contribution in [0.25, 0.3) is 21.5 Å². The third-order valence-corrected chi connectivity index (χ3v) is 23.8. The van der Waals surface area contributed by atoms with Crippen molar-refractivity contribution in [3.8, 4) is 22.9 Å². The Labute approximate surface area is 292 Å². The summed E-state index contributed by atoms with van der Waals surface area (Å²) in [6, 6.07) is 21.0. The maximum atomic E-state index is 7.32. The molecule has 3 N–H and O–H groups in total. The zero-order chi connectivity index (χ0) is 34.8. The molecule has 0 bridgehead atoms. The molecule has 0 radical (unpaired) electrons. The Morgan fingerprint density at radius 3 is 1.38 bits per heavy atom. The zero-order valence-corrected chi connectivity index (χ0v) is 33.4. The largest absolute Gasteiger partial charge is 0.396 e. The number of nitrogens with one attached hydrogen (secondary N) is 1. The number of anilines is 3. The van der Waals surface area contributed by atoms with Crippen molar-refractivity contribution in [2.75, 3.05) is 11.1 Å². The van der Waals surface area contributed by atoms with Gasteiger partial charge in [-0.25, -0.2) is 0 Å². The van der Waals surface area contributed by atoms with E-state index < -0.39 is 16.1 Å². The van der Waals surface area contributed by atoms with Crippen LogP contribution in [0.1, 0.15) is 94.2 Å². The lowest BCUT2D eigenvalue weighted by Gasteiger charge is -2.38. The molecule has 0 aliphatic carbocycles. The molecule has 0 heterocycles. The Balaban J connectivity index is 2.23. The van der Waals surface area contributed by atoms with E-state index in [0.717, 1.165) is 33.3 Å². The first kappa shape index (κ1) is 36.7. The first-order valence-corrected chi connectivity index (χ1v) is 22.3. The number of hydrogen-bond acceptors (Lipinski definition) is 2. The molecule has 0 aromatic heterocycles. The summed E-state index contributed by atoms with van der Waals surface area (Å²) in [4.78, 5) is 0. The molecule has 248 valence electrons. The number of hydrogen-bond donors (Lipinski definition) is 2. The van der Waals surface area contributed by atoms with Crippen molar-refractivity contribution >= 4 is 66.4 Å². The van der Waals surface area contributed by atoms with Crippen LogP contribution >= 0.6 is 11.6 Å². The molecule has 5 heteroatoms. The lowest BCUT2D eigenvalue weighted by atomic mass is 9.93. The summed E-state index contributed by atoms with van der Waals surface area (Å²) in [5, 5.41) is 8.80. The van der Waals surface area contributed by atoms with Gasteiger partial charge in [0.15, 0.2) is 0 Å². The number of halogens is 1. The van der Waals surface area contributed by atoms with Gasteiger partial charge in [-0.2, -0.15) is 0 Å². The fraction of sp³-hybridized carbons (Fsp3) is 0.429. The van der Waals surface area contributed by atoms with Crippen molar-refractivity contribution in [2.24, 2.45) is 0 Å². The molecule has 0 saturated heterocycles. The van der Waals surface area contributed by atoms with E-state index in [1.165, 1.54) is 10.8 Å². The van der Waals surface area contributed by atoms with Crippen molar-refractivity contribution in [1.82, 2.24) is 0 Å². The Hall–Kier alpha value is -3.16. The normalized spacial score (nSPS) is 12.4. The minimum atomic E-state index is -2.06. The minimum absolute atomic E-state index is 0.505. The monoisotopic (exact) mass is 678 g/mol. The molecule has 4 aromatic rings. The van der Waals surface area contributed by atoms with Crippen LogP contribution in [0, 0.1) is 22.9 Å². The number of rotatable bonds is 8. The van der Waals surface area contributed by atoms with E-state index in [9.17, 15) is 0 Å². The van der Waals surface area contributed by atoms with Crippen LogP contribution < -0.4 is 11.1 Å². The van der Waals surface area contributed by atoms with Gasteiger partial charge in [0.25, 0.3) is 0 Å².